The number of hydrogen-bond donors (Lipinski definition) is 0. The van der Waals surface area contributed by atoms with E-state index in [0.29, 0.717) is 0 Å². The highest BCUT2D eigenvalue weighted by Gasteiger charge is 1.91. The monoisotopic (exact) mass is 228 g/mol. The highest BCUT2D eigenvalue weighted by atomic mass is 32.2. The predicted molar refractivity (Wildman–Crippen MR) is 69.0 cm³/mol. The molecule has 0 spiro atoms. The zero-order chi connectivity index (χ0) is 11.8. The van der Waals surface area contributed by atoms with Crippen molar-refractivity contribution >= 4 is 16.9 Å². The third-order valence-corrected chi connectivity index (χ3v) is 2.63. The quantitative estimate of drug-likeness (QED) is 0.572. The van der Waals surface area contributed by atoms with E-state index in [-0.39, 0.29) is 5.12 Å². The Balaban J connectivity index is 2.44. The van der Waals surface area contributed by atoms with Crippen molar-refractivity contribution < 1.29 is 4.79 Å². The molecule has 0 fully saturated rings. The van der Waals surface area contributed by atoms with Crippen LogP contribution < -0.4 is 0 Å². The van der Waals surface area contributed by atoms with Gasteiger partial charge in [-0.25, -0.2) is 0 Å². The first-order chi connectivity index (χ1) is 7.72. The molecule has 0 heterocycles. The molecule has 0 saturated carbocycles. The molecule has 0 saturated heterocycles. The third kappa shape index (κ3) is 4.73. The van der Waals surface area contributed by atoms with Crippen LogP contribution in [0.5, 0.6) is 0 Å². The van der Waals surface area contributed by atoms with Crippen LogP contribution >= 0.6 is 11.8 Å². The normalized spacial score (nSPS) is 8.75. The Kier molecular flexibility index (Phi) is 5.26. The van der Waals surface area contributed by atoms with Crippen molar-refractivity contribution in [2.24, 2.45) is 0 Å². The van der Waals surface area contributed by atoms with Crippen molar-refractivity contribution in [3.05, 3.63) is 35.4 Å². The summed E-state index contributed by atoms with van der Waals surface area (Å²) in [5.41, 5.74) is 1.81. The largest absolute Gasteiger partial charge is 0.288 e. The molecule has 1 aromatic carbocycles. The highest BCUT2D eigenvalue weighted by Crippen LogP contribution is 2.03. The Hall–Kier alpha value is -1.64. The predicted octanol–water partition coefficient (Wildman–Crippen LogP) is 2.69. The fraction of sp³-hybridized carbons (Fsp3) is 0.214. The maximum Gasteiger partial charge on any atom is 0.185 e. The highest BCUT2D eigenvalue weighted by molar-refractivity contribution is 8.13. The van der Waals surface area contributed by atoms with Gasteiger partial charge in [0.25, 0.3) is 0 Å². The van der Waals surface area contributed by atoms with Crippen molar-refractivity contribution in [3.8, 4) is 24.2 Å². The molecular weight excluding hydrogens is 216 g/mol. The van der Waals surface area contributed by atoms with E-state index in [0.717, 1.165) is 23.3 Å². The van der Waals surface area contributed by atoms with Gasteiger partial charge < -0.3 is 0 Å². The molecule has 16 heavy (non-hydrogen) atoms. The van der Waals surface area contributed by atoms with E-state index in [4.69, 9.17) is 6.42 Å². The van der Waals surface area contributed by atoms with Gasteiger partial charge in [0.2, 0.25) is 0 Å². The Bertz CT molecular complexity index is 454. The number of rotatable bonds is 2. The summed E-state index contributed by atoms with van der Waals surface area (Å²) in [6.07, 6.45) is 5.97. The van der Waals surface area contributed by atoms with Crippen LogP contribution in [0, 0.1) is 24.2 Å². The first-order valence-corrected chi connectivity index (χ1v) is 5.90. The van der Waals surface area contributed by atoms with Gasteiger partial charge in [0, 0.05) is 30.2 Å². The molecule has 1 aromatic rings. The summed E-state index contributed by atoms with van der Waals surface area (Å²) >= 11 is 1.30. The van der Waals surface area contributed by atoms with Gasteiger partial charge in [-0.15, -0.1) is 6.42 Å². The molecule has 1 nitrogen and oxygen atoms in total. The molecule has 0 amide bonds. The maximum atomic E-state index is 10.6. The molecule has 0 aliphatic carbocycles. The second-order valence-corrected chi connectivity index (χ2v) is 4.39. The van der Waals surface area contributed by atoms with Crippen molar-refractivity contribution in [3.63, 3.8) is 0 Å². The summed E-state index contributed by atoms with van der Waals surface area (Å²) in [5.74, 6) is 9.36. The van der Waals surface area contributed by atoms with Crippen LogP contribution in [0.1, 0.15) is 24.5 Å². The van der Waals surface area contributed by atoms with Crippen molar-refractivity contribution in [1.82, 2.24) is 0 Å². The SMILES string of the molecule is C#Cc1ccc(C#CCCSC(C)=O)cc1. The van der Waals surface area contributed by atoms with Gasteiger partial charge in [-0.2, -0.15) is 0 Å². The summed E-state index contributed by atoms with van der Waals surface area (Å²) in [5, 5.41) is 0.139. The van der Waals surface area contributed by atoms with E-state index in [2.05, 4.69) is 17.8 Å². The van der Waals surface area contributed by atoms with Gasteiger partial charge in [0.15, 0.2) is 5.12 Å². The second kappa shape index (κ2) is 6.77. The lowest BCUT2D eigenvalue weighted by molar-refractivity contribution is -0.109. The van der Waals surface area contributed by atoms with E-state index < -0.39 is 0 Å². The molecule has 0 radical (unpaired) electrons. The number of carbonyl (C=O) groups is 1. The van der Waals surface area contributed by atoms with Gasteiger partial charge in [0.1, 0.15) is 0 Å². The minimum absolute atomic E-state index is 0.139. The summed E-state index contributed by atoms with van der Waals surface area (Å²) < 4.78 is 0. The zero-order valence-corrected chi connectivity index (χ0v) is 9.93. The topological polar surface area (TPSA) is 17.1 Å². The Morgan fingerprint density at radius 3 is 2.50 bits per heavy atom. The van der Waals surface area contributed by atoms with Gasteiger partial charge in [-0.05, 0) is 24.3 Å². The Morgan fingerprint density at radius 1 is 1.31 bits per heavy atom. The lowest BCUT2D eigenvalue weighted by Crippen LogP contribution is -1.84. The van der Waals surface area contributed by atoms with Crippen LogP contribution in [0.2, 0.25) is 0 Å². The number of benzene rings is 1. The van der Waals surface area contributed by atoms with Gasteiger partial charge in [-0.3, -0.25) is 4.79 Å². The van der Waals surface area contributed by atoms with Crippen molar-refractivity contribution in [2.45, 2.75) is 13.3 Å². The summed E-state index contributed by atoms with van der Waals surface area (Å²) in [6.45, 7) is 1.57. The van der Waals surface area contributed by atoms with Crippen LogP contribution in [-0.2, 0) is 4.79 Å². The lowest BCUT2D eigenvalue weighted by Gasteiger charge is -1.91. The third-order valence-electron chi connectivity index (χ3n) is 1.82. The molecular formula is C14H12OS. The molecule has 2 heteroatoms. The van der Waals surface area contributed by atoms with Crippen LogP contribution in [-0.4, -0.2) is 10.9 Å². The van der Waals surface area contributed by atoms with Crippen LogP contribution in [0.3, 0.4) is 0 Å². The van der Waals surface area contributed by atoms with E-state index in [1.54, 1.807) is 6.92 Å². The second-order valence-electron chi connectivity index (χ2n) is 3.11. The van der Waals surface area contributed by atoms with Crippen LogP contribution in [0.25, 0.3) is 0 Å². The summed E-state index contributed by atoms with van der Waals surface area (Å²) in [4.78, 5) is 10.6. The number of carbonyl (C=O) groups excluding carboxylic acids is 1. The average molecular weight is 228 g/mol. The fourth-order valence-electron chi connectivity index (χ4n) is 1.06. The van der Waals surface area contributed by atoms with E-state index >= 15 is 0 Å². The molecule has 80 valence electrons. The van der Waals surface area contributed by atoms with Crippen LogP contribution in [0.4, 0.5) is 0 Å². The minimum Gasteiger partial charge on any atom is -0.288 e. The number of terminal acetylenes is 1. The Morgan fingerprint density at radius 2 is 1.94 bits per heavy atom. The Labute approximate surface area is 101 Å². The molecule has 0 aliphatic rings. The summed E-state index contributed by atoms with van der Waals surface area (Å²) in [6, 6.07) is 7.54. The van der Waals surface area contributed by atoms with Crippen molar-refractivity contribution in [1.29, 1.82) is 0 Å². The summed E-state index contributed by atoms with van der Waals surface area (Å²) in [7, 11) is 0. The molecule has 1 rings (SSSR count). The van der Waals surface area contributed by atoms with E-state index in [1.807, 2.05) is 24.3 Å². The molecule has 0 bridgehead atoms. The first-order valence-electron chi connectivity index (χ1n) is 4.91. The number of thioether (sulfide) groups is 1. The average Bonchev–Trinajstić information content (AvgIpc) is 2.29. The molecule has 0 aliphatic heterocycles. The van der Waals surface area contributed by atoms with Crippen LogP contribution in [0.15, 0.2) is 24.3 Å². The fourth-order valence-corrected chi connectivity index (χ4v) is 1.55. The standard InChI is InChI=1S/C14H12OS/c1-3-13-7-9-14(10-8-13)6-4-5-11-16-12(2)15/h1,7-10H,5,11H2,2H3. The minimum atomic E-state index is 0.139. The van der Waals surface area contributed by atoms with Gasteiger partial charge >= 0.3 is 0 Å². The van der Waals surface area contributed by atoms with E-state index in [1.165, 1.54) is 11.8 Å². The molecule has 0 atom stereocenters. The smallest absolute Gasteiger partial charge is 0.185 e. The molecule has 0 N–H and O–H groups in total. The molecule has 0 aromatic heterocycles. The zero-order valence-electron chi connectivity index (χ0n) is 9.12. The van der Waals surface area contributed by atoms with Gasteiger partial charge in [0.05, 0.1) is 0 Å². The molecule has 0 unspecified atom stereocenters. The van der Waals surface area contributed by atoms with Crippen molar-refractivity contribution in [2.75, 3.05) is 5.75 Å². The lowest BCUT2D eigenvalue weighted by atomic mass is 10.1. The first kappa shape index (κ1) is 12.4. The van der Waals surface area contributed by atoms with E-state index in [9.17, 15) is 4.79 Å². The number of hydrogen-bond acceptors (Lipinski definition) is 2. The van der Waals surface area contributed by atoms with Gasteiger partial charge in [-0.1, -0.05) is 29.5 Å². The maximum absolute atomic E-state index is 10.6.